The van der Waals surface area contributed by atoms with Gasteiger partial charge in [0.1, 0.15) is 18.4 Å². The summed E-state index contributed by atoms with van der Waals surface area (Å²) in [6.45, 7) is 5.08. The molecule has 0 saturated carbocycles. The molecule has 0 bridgehead atoms. The summed E-state index contributed by atoms with van der Waals surface area (Å²) in [4.78, 5) is 28.1. The van der Waals surface area contributed by atoms with Crippen molar-refractivity contribution in [3.8, 4) is 11.5 Å². The van der Waals surface area contributed by atoms with Crippen molar-refractivity contribution in [2.45, 2.75) is 44.7 Å². The van der Waals surface area contributed by atoms with Crippen LogP contribution in [0.5, 0.6) is 11.5 Å². The molecule has 2 amide bonds. The van der Waals surface area contributed by atoms with Crippen molar-refractivity contribution in [3.05, 3.63) is 83.7 Å². The lowest BCUT2D eigenvalue weighted by Crippen LogP contribution is -2.51. The second kappa shape index (κ2) is 14.0. The molecule has 0 fully saturated rings. The fraction of sp³-hybridized carbons (Fsp3) is 0.333. The molecule has 3 aromatic rings. The Morgan fingerprint density at radius 1 is 0.951 bits per heavy atom. The molecule has 1 N–H and O–H groups in total. The Morgan fingerprint density at radius 3 is 2.17 bits per heavy atom. The van der Waals surface area contributed by atoms with Crippen molar-refractivity contribution >= 4 is 27.5 Å². The van der Waals surface area contributed by atoms with Crippen molar-refractivity contribution in [1.82, 2.24) is 10.2 Å². The Balaban J connectivity index is 2.07. The van der Waals surface area contributed by atoms with Crippen LogP contribution in [0.15, 0.2) is 71.6 Å². The first-order valence-electron chi connectivity index (χ1n) is 13.1. The van der Waals surface area contributed by atoms with E-state index in [0.29, 0.717) is 24.3 Å². The van der Waals surface area contributed by atoms with E-state index in [1.807, 2.05) is 13.8 Å². The highest BCUT2D eigenvalue weighted by Crippen LogP contribution is 2.34. The standard InChI is InChI=1S/C30H36FN3O6S/c1-6-17-32-30(36)22(3)33(19-23-9-11-24(31)12-10-23)29(35)20-34(25-13-16-27(39-4)28(18-25)40-5)41(37,38)26-14-7-21(2)8-15-26/h7-16,18,22H,6,17,19-20H2,1-5H3,(H,32,36)/t22-/m0/s1. The number of carbonyl (C=O) groups excluding carboxylic acids is 2. The average Bonchev–Trinajstić information content (AvgIpc) is 2.97. The molecule has 11 heteroatoms. The second-order valence-electron chi connectivity index (χ2n) is 9.48. The van der Waals surface area contributed by atoms with Crippen LogP contribution in [0.2, 0.25) is 0 Å². The Kier molecular flexibility index (Phi) is 10.7. The first-order valence-corrected chi connectivity index (χ1v) is 14.6. The van der Waals surface area contributed by atoms with E-state index in [1.165, 1.54) is 67.7 Å². The highest BCUT2D eigenvalue weighted by atomic mass is 32.2. The number of hydrogen-bond acceptors (Lipinski definition) is 6. The van der Waals surface area contributed by atoms with Crippen LogP contribution in [0, 0.1) is 12.7 Å². The second-order valence-corrected chi connectivity index (χ2v) is 11.3. The van der Waals surface area contributed by atoms with Crippen molar-refractivity contribution in [1.29, 1.82) is 0 Å². The van der Waals surface area contributed by atoms with Crippen LogP contribution in [0.3, 0.4) is 0 Å². The Morgan fingerprint density at radius 2 is 1.59 bits per heavy atom. The summed E-state index contributed by atoms with van der Waals surface area (Å²) in [6.07, 6.45) is 0.701. The van der Waals surface area contributed by atoms with Crippen LogP contribution >= 0.6 is 0 Å². The molecule has 0 spiro atoms. The lowest BCUT2D eigenvalue weighted by Gasteiger charge is -2.32. The van der Waals surface area contributed by atoms with Gasteiger partial charge < -0.3 is 19.7 Å². The molecule has 3 rings (SSSR count). The van der Waals surface area contributed by atoms with E-state index in [-0.39, 0.29) is 28.8 Å². The van der Waals surface area contributed by atoms with Crippen molar-refractivity contribution < 1.29 is 31.9 Å². The maximum atomic E-state index is 14.0. The van der Waals surface area contributed by atoms with Gasteiger partial charge in [-0.25, -0.2) is 12.8 Å². The molecule has 0 aromatic heterocycles. The normalized spacial score (nSPS) is 11.9. The van der Waals surface area contributed by atoms with E-state index in [2.05, 4.69) is 5.32 Å². The van der Waals surface area contributed by atoms with Gasteiger partial charge in [0.25, 0.3) is 10.0 Å². The third-order valence-corrected chi connectivity index (χ3v) is 8.31. The van der Waals surface area contributed by atoms with Crippen molar-refractivity contribution in [2.75, 3.05) is 31.6 Å². The Hall–Kier alpha value is -4.12. The maximum Gasteiger partial charge on any atom is 0.264 e. The van der Waals surface area contributed by atoms with Crippen molar-refractivity contribution in [2.24, 2.45) is 0 Å². The third-order valence-electron chi connectivity index (χ3n) is 6.53. The third kappa shape index (κ3) is 7.75. The zero-order valence-corrected chi connectivity index (χ0v) is 24.7. The molecule has 0 aliphatic heterocycles. The number of methoxy groups -OCH3 is 2. The van der Waals surface area contributed by atoms with Gasteiger partial charge in [-0.3, -0.25) is 13.9 Å². The molecule has 0 heterocycles. The molecule has 1 atom stereocenters. The molecule has 0 aliphatic carbocycles. The number of carbonyl (C=O) groups is 2. The summed E-state index contributed by atoms with van der Waals surface area (Å²) in [6, 6.07) is 15.4. The predicted molar refractivity (Wildman–Crippen MR) is 155 cm³/mol. The summed E-state index contributed by atoms with van der Waals surface area (Å²) >= 11 is 0. The number of nitrogens with one attached hydrogen (secondary N) is 1. The van der Waals surface area contributed by atoms with Gasteiger partial charge >= 0.3 is 0 Å². The van der Waals surface area contributed by atoms with Gasteiger partial charge in [0, 0.05) is 19.2 Å². The number of sulfonamides is 1. The van der Waals surface area contributed by atoms with Crippen LogP contribution in [0.4, 0.5) is 10.1 Å². The van der Waals surface area contributed by atoms with E-state index in [4.69, 9.17) is 9.47 Å². The summed E-state index contributed by atoms with van der Waals surface area (Å²) in [5.74, 6) is -0.795. The Bertz CT molecular complexity index is 1450. The fourth-order valence-electron chi connectivity index (χ4n) is 4.11. The monoisotopic (exact) mass is 585 g/mol. The van der Waals surface area contributed by atoms with Gasteiger partial charge in [-0.05, 0) is 62.2 Å². The first kappa shape index (κ1) is 31.4. The average molecular weight is 586 g/mol. The van der Waals surface area contributed by atoms with Crippen LogP contribution < -0.4 is 19.1 Å². The molecule has 220 valence electrons. The summed E-state index contributed by atoms with van der Waals surface area (Å²) in [7, 11) is -1.36. The number of rotatable bonds is 13. The minimum absolute atomic E-state index is 0.00972. The van der Waals surface area contributed by atoms with E-state index < -0.39 is 34.3 Å². The largest absolute Gasteiger partial charge is 0.493 e. The van der Waals surface area contributed by atoms with Crippen LogP contribution in [0.1, 0.15) is 31.4 Å². The number of halogens is 1. The van der Waals surface area contributed by atoms with E-state index >= 15 is 0 Å². The highest BCUT2D eigenvalue weighted by molar-refractivity contribution is 7.92. The van der Waals surface area contributed by atoms with E-state index in [1.54, 1.807) is 25.1 Å². The number of aryl methyl sites for hydroxylation is 1. The summed E-state index contributed by atoms with van der Waals surface area (Å²) in [5, 5.41) is 2.78. The summed E-state index contributed by atoms with van der Waals surface area (Å²) < 4.78 is 53.1. The minimum atomic E-state index is -4.24. The minimum Gasteiger partial charge on any atom is -0.493 e. The number of anilines is 1. The SMILES string of the molecule is CCCNC(=O)[C@H](C)N(Cc1ccc(F)cc1)C(=O)CN(c1ccc(OC)c(OC)c1)S(=O)(=O)c1ccc(C)cc1. The Labute approximate surface area is 240 Å². The van der Waals surface area contributed by atoms with Crippen LogP contribution in [-0.4, -0.2) is 58.5 Å². The number of amides is 2. The van der Waals surface area contributed by atoms with Crippen molar-refractivity contribution in [3.63, 3.8) is 0 Å². The smallest absolute Gasteiger partial charge is 0.264 e. The topological polar surface area (TPSA) is 105 Å². The number of nitrogens with zero attached hydrogens (tertiary/aromatic N) is 2. The molecule has 41 heavy (non-hydrogen) atoms. The maximum absolute atomic E-state index is 14.0. The fourth-order valence-corrected chi connectivity index (χ4v) is 5.52. The van der Waals surface area contributed by atoms with Gasteiger partial charge in [-0.15, -0.1) is 0 Å². The molecule has 0 radical (unpaired) electrons. The van der Waals surface area contributed by atoms with Crippen LogP contribution in [-0.2, 0) is 26.2 Å². The van der Waals surface area contributed by atoms with Gasteiger partial charge in [0.05, 0.1) is 24.8 Å². The van der Waals surface area contributed by atoms with Gasteiger partial charge in [-0.1, -0.05) is 36.8 Å². The van der Waals surface area contributed by atoms with E-state index in [0.717, 1.165) is 9.87 Å². The summed E-state index contributed by atoms with van der Waals surface area (Å²) in [5.41, 5.74) is 1.62. The predicted octanol–water partition coefficient (Wildman–Crippen LogP) is 4.29. The van der Waals surface area contributed by atoms with Gasteiger partial charge in [-0.2, -0.15) is 0 Å². The number of ether oxygens (including phenoxy) is 2. The lowest BCUT2D eigenvalue weighted by atomic mass is 10.1. The molecular formula is C30H36FN3O6S. The molecule has 0 saturated heterocycles. The van der Waals surface area contributed by atoms with Gasteiger partial charge in [0.2, 0.25) is 11.8 Å². The zero-order valence-electron chi connectivity index (χ0n) is 23.9. The van der Waals surface area contributed by atoms with Gasteiger partial charge in [0.15, 0.2) is 11.5 Å². The molecular weight excluding hydrogens is 549 g/mol. The molecule has 0 unspecified atom stereocenters. The molecule has 0 aliphatic rings. The first-order chi connectivity index (χ1) is 19.5. The molecule has 3 aromatic carbocycles. The number of benzene rings is 3. The lowest BCUT2D eigenvalue weighted by molar-refractivity contribution is -0.139. The molecule has 9 nitrogen and oxygen atoms in total. The van der Waals surface area contributed by atoms with E-state index in [9.17, 15) is 22.4 Å². The number of hydrogen-bond donors (Lipinski definition) is 1. The quantitative estimate of drug-likeness (QED) is 0.321. The van der Waals surface area contributed by atoms with Crippen LogP contribution in [0.25, 0.3) is 0 Å². The highest BCUT2D eigenvalue weighted by Gasteiger charge is 2.33. The zero-order chi connectivity index (χ0) is 30.2.